The first-order valence-electron chi connectivity index (χ1n) is 14.9. The van der Waals surface area contributed by atoms with Crippen molar-refractivity contribution in [1.29, 1.82) is 10.8 Å². The van der Waals surface area contributed by atoms with Crippen molar-refractivity contribution in [2.75, 3.05) is 5.32 Å². The molecular formula is C34H41N7O3. The lowest BCUT2D eigenvalue weighted by atomic mass is 9.85. The molecule has 0 spiro atoms. The average Bonchev–Trinajstić information content (AvgIpc) is 3.43. The quantitative estimate of drug-likeness (QED) is 0.128. The Labute approximate surface area is 257 Å². The van der Waals surface area contributed by atoms with Crippen molar-refractivity contribution in [2.45, 2.75) is 71.6 Å². The molecule has 5 N–H and O–H groups in total. The molecule has 0 saturated heterocycles. The van der Waals surface area contributed by atoms with Gasteiger partial charge in [0.25, 0.3) is 0 Å². The molecule has 2 heterocycles. The minimum absolute atomic E-state index is 0.0294. The molecule has 0 unspecified atom stereocenters. The number of pyridine rings is 1. The van der Waals surface area contributed by atoms with E-state index in [1.807, 2.05) is 68.4 Å². The average molecular weight is 596 g/mol. The number of nitrogens with one attached hydrogen (secondary N) is 4. The van der Waals surface area contributed by atoms with Crippen LogP contribution in [0.2, 0.25) is 0 Å². The molecule has 0 aliphatic heterocycles. The number of hydrogen-bond donors (Lipinski definition) is 5. The summed E-state index contributed by atoms with van der Waals surface area (Å²) in [5.74, 6) is 1.44. The van der Waals surface area contributed by atoms with E-state index in [0.717, 1.165) is 28.1 Å². The number of urea groups is 1. The molecule has 2 aromatic carbocycles. The first-order valence-corrected chi connectivity index (χ1v) is 14.9. The van der Waals surface area contributed by atoms with Gasteiger partial charge < -0.3 is 15.2 Å². The molecule has 44 heavy (non-hydrogen) atoms. The Bertz CT molecular complexity index is 1710. The van der Waals surface area contributed by atoms with Gasteiger partial charge >= 0.3 is 6.03 Å². The number of carbonyl (C=O) groups excluding carboxylic acids is 1. The molecule has 2 atom stereocenters. The lowest BCUT2D eigenvalue weighted by Crippen LogP contribution is -2.36. The third kappa shape index (κ3) is 6.60. The molecule has 10 nitrogen and oxygen atoms in total. The van der Waals surface area contributed by atoms with Crippen LogP contribution in [0.1, 0.15) is 82.0 Å². The monoisotopic (exact) mass is 595 g/mol. The highest BCUT2D eigenvalue weighted by Gasteiger charge is 2.30. The zero-order chi connectivity index (χ0) is 31.6. The predicted octanol–water partition coefficient (Wildman–Crippen LogP) is 6.20. The number of aliphatic hydroxyl groups excluding tert-OH is 1. The van der Waals surface area contributed by atoms with Crippen LogP contribution in [0.15, 0.2) is 72.9 Å². The van der Waals surface area contributed by atoms with Gasteiger partial charge in [-0.15, -0.1) is 0 Å². The van der Waals surface area contributed by atoms with Crippen LogP contribution in [0.3, 0.4) is 0 Å². The highest BCUT2D eigenvalue weighted by Crippen LogP contribution is 2.38. The van der Waals surface area contributed by atoms with E-state index in [9.17, 15) is 9.90 Å². The van der Waals surface area contributed by atoms with Crippen LogP contribution < -0.4 is 20.9 Å². The number of fused-ring (bicyclic) bond motifs is 1. The maximum absolute atomic E-state index is 13.4. The molecule has 0 bridgehead atoms. The topological polar surface area (TPSA) is 141 Å². The molecule has 0 radical (unpaired) electrons. The third-order valence-corrected chi connectivity index (χ3v) is 7.83. The van der Waals surface area contributed by atoms with Crippen LogP contribution in [0.25, 0.3) is 5.69 Å². The standard InChI is InChI=1S/C34H41N7O3/c1-21(2)32(36)40-19-24(14-17-30(40)35)44-28-16-15-27(25-8-6-7-9-26(25)28)37-33(43)38-31-18-29(34(3,4)5)39-41(31)23-12-10-22(20-42)11-13-23/h6-14,17-19,21,27-28,35-36,42H,15-16,20H2,1-5H3,(H2,37,38,43)/t27-,28-/m0/s1. The maximum atomic E-state index is 13.4. The van der Waals surface area contributed by atoms with E-state index in [-0.39, 0.29) is 41.6 Å². The number of hydrogen-bond acceptors (Lipinski definition) is 6. The molecule has 1 aliphatic rings. The second-order valence-corrected chi connectivity index (χ2v) is 12.5. The van der Waals surface area contributed by atoms with Gasteiger partial charge in [0.2, 0.25) is 0 Å². The van der Waals surface area contributed by atoms with E-state index in [1.165, 1.54) is 0 Å². The van der Waals surface area contributed by atoms with Gasteiger partial charge in [-0.2, -0.15) is 5.10 Å². The zero-order valence-corrected chi connectivity index (χ0v) is 25.9. The van der Waals surface area contributed by atoms with Crippen LogP contribution in [0, 0.1) is 16.7 Å². The lowest BCUT2D eigenvalue weighted by Gasteiger charge is -2.32. The van der Waals surface area contributed by atoms with Crippen LogP contribution in [0.4, 0.5) is 10.6 Å². The van der Waals surface area contributed by atoms with Crippen molar-refractivity contribution < 1.29 is 14.6 Å². The number of anilines is 1. The number of aliphatic hydroxyl groups is 1. The summed E-state index contributed by atoms with van der Waals surface area (Å²) in [7, 11) is 0. The van der Waals surface area contributed by atoms with Crippen LogP contribution in [-0.4, -0.2) is 31.3 Å². The predicted molar refractivity (Wildman–Crippen MR) is 170 cm³/mol. The SMILES string of the molecule is CC(C)C(=N)n1cc(O[C@H]2CC[C@H](NC(=O)Nc3cc(C(C)(C)C)nn3-c3ccc(CO)cc3)c3ccccc32)ccc1=N. The Kier molecular flexibility index (Phi) is 8.73. The van der Waals surface area contributed by atoms with E-state index in [2.05, 4.69) is 31.4 Å². The van der Waals surface area contributed by atoms with Crippen molar-refractivity contribution >= 4 is 17.7 Å². The number of carbonyl (C=O) groups is 1. The van der Waals surface area contributed by atoms with Crippen LogP contribution >= 0.6 is 0 Å². The fourth-order valence-electron chi connectivity index (χ4n) is 5.30. The summed E-state index contributed by atoms with van der Waals surface area (Å²) in [5, 5.41) is 37.0. The first kappa shape index (κ1) is 30.7. The summed E-state index contributed by atoms with van der Waals surface area (Å²) in [5.41, 5.74) is 4.40. The van der Waals surface area contributed by atoms with Gasteiger partial charge in [-0.1, -0.05) is 71.0 Å². The second-order valence-electron chi connectivity index (χ2n) is 12.5. The number of ether oxygens (including phenoxy) is 1. The van der Waals surface area contributed by atoms with Gasteiger partial charge in [0.15, 0.2) is 0 Å². The summed E-state index contributed by atoms with van der Waals surface area (Å²) < 4.78 is 9.67. The molecule has 0 saturated carbocycles. The minimum atomic E-state index is -0.336. The molecule has 10 heteroatoms. The fraction of sp³-hybridized carbons (Fsp3) is 0.353. The third-order valence-electron chi connectivity index (χ3n) is 7.83. The summed E-state index contributed by atoms with van der Waals surface area (Å²) >= 11 is 0. The van der Waals surface area contributed by atoms with E-state index < -0.39 is 0 Å². The Morgan fingerprint density at radius 1 is 1.07 bits per heavy atom. The summed E-state index contributed by atoms with van der Waals surface area (Å²) in [6.07, 6.45) is 2.82. The minimum Gasteiger partial charge on any atom is -0.484 e. The van der Waals surface area contributed by atoms with E-state index in [0.29, 0.717) is 30.2 Å². The molecule has 2 aromatic heterocycles. The molecule has 230 valence electrons. The summed E-state index contributed by atoms with van der Waals surface area (Å²) in [6, 6.07) is 20.1. The van der Waals surface area contributed by atoms with Gasteiger partial charge in [-0.25, -0.2) is 9.48 Å². The maximum Gasteiger partial charge on any atom is 0.320 e. The van der Waals surface area contributed by atoms with E-state index >= 15 is 0 Å². The van der Waals surface area contributed by atoms with Crippen molar-refractivity contribution in [3.63, 3.8) is 0 Å². The molecule has 2 amide bonds. The van der Waals surface area contributed by atoms with Gasteiger partial charge in [0.05, 0.1) is 30.2 Å². The highest BCUT2D eigenvalue weighted by molar-refractivity contribution is 5.89. The normalized spacial score (nSPS) is 16.3. The summed E-state index contributed by atoms with van der Waals surface area (Å²) in [6.45, 7) is 10.0. The Balaban J connectivity index is 1.35. The van der Waals surface area contributed by atoms with Gasteiger partial charge in [-0.05, 0) is 53.8 Å². The Morgan fingerprint density at radius 3 is 2.43 bits per heavy atom. The fourth-order valence-corrected chi connectivity index (χ4v) is 5.30. The Hall–Kier alpha value is -4.70. The van der Waals surface area contributed by atoms with Gasteiger partial charge in [-0.3, -0.25) is 20.7 Å². The zero-order valence-electron chi connectivity index (χ0n) is 25.9. The molecule has 4 aromatic rings. The molecular weight excluding hydrogens is 554 g/mol. The molecule has 1 aliphatic carbocycles. The van der Waals surface area contributed by atoms with Crippen molar-refractivity contribution in [1.82, 2.24) is 19.7 Å². The van der Waals surface area contributed by atoms with Crippen molar-refractivity contribution in [2.24, 2.45) is 5.92 Å². The largest absolute Gasteiger partial charge is 0.484 e. The smallest absolute Gasteiger partial charge is 0.320 e. The Morgan fingerprint density at radius 2 is 1.77 bits per heavy atom. The number of aromatic nitrogens is 3. The van der Waals surface area contributed by atoms with E-state index in [1.54, 1.807) is 27.6 Å². The number of nitrogens with zero attached hydrogens (tertiary/aromatic N) is 3. The van der Waals surface area contributed by atoms with Crippen molar-refractivity contribution in [3.8, 4) is 11.4 Å². The second kappa shape index (κ2) is 12.5. The van der Waals surface area contributed by atoms with Gasteiger partial charge in [0, 0.05) is 17.4 Å². The lowest BCUT2D eigenvalue weighted by molar-refractivity contribution is 0.171. The van der Waals surface area contributed by atoms with Crippen LogP contribution in [0.5, 0.6) is 5.75 Å². The number of benzene rings is 2. The van der Waals surface area contributed by atoms with Crippen LogP contribution in [-0.2, 0) is 12.0 Å². The first-order chi connectivity index (χ1) is 20.9. The van der Waals surface area contributed by atoms with Gasteiger partial charge in [0.1, 0.15) is 29.0 Å². The number of amides is 2. The van der Waals surface area contributed by atoms with Crippen molar-refractivity contribution in [3.05, 3.63) is 101 Å². The summed E-state index contributed by atoms with van der Waals surface area (Å²) in [4.78, 5) is 13.4. The number of rotatable bonds is 7. The van der Waals surface area contributed by atoms with E-state index in [4.69, 9.17) is 20.7 Å². The molecule has 5 rings (SSSR count). The highest BCUT2D eigenvalue weighted by atomic mass is 16.5. The molecule has 0 fully saturated rings.